The van der Waals surface area contributed by atoms with E-state index in [1.54, 1.807) is 0 Å². The van der Waals surface area contributed by atoms with E-state index in [1.165, 1.54) is 97.0 Å². The number of fused-ring (bicyclic) bond motifs is 9. The number of hydrogen-bond donors (Lipinski definition) is 0. The van der Waals surface area contributed by atoms with Crippen LogP contribution in [-0.2, 0) is 5.41 Å². The third kappa shape index (κ3) is 3.55. The summed E-state index contributed by atoms with van der Waals surface area (Å²) in [6, 6.07) is 54.6. The second kappa shape index (κ2) is 9.39. The largest absolute Gasteiger partial charge is 0.135 e. The molecule has 0 amide bonds. The fourth-order valence-electron chi connectivity index (χ4n) is 8.24. The van der Waals surface area contributed by atoms with E-state index in [0.29, 0.717) is 0 Å². The summed E-state index contributed by atoms with van der Waals surface area (Å²) in [6.45, 7) is 4.71. The van der Waals surface area contributed by atoms with Gasteiger partial charge in [-0.1, -0.05) is 135 Å². The topological polar surface area (TPSA) is 0 Å². The fourth-order valence-corrected chi connectivity index (χ4v) is 9.42. The molecule has 0 bridgehead atoms. The molecule has 0 saturated heterocycles. The lowest BCUT2D eigenvalue weighted by molar-refractivity contribution is 0.660. The molecule has 1 aromatic heterocycles. The van der Waals surface area contributed by atoms with Gasteiger partial charge in [0.1, 0.15) is 0 Å². The molecule has 0 unspecified atom stereocenters. The fraction of sp³-hybridized carbons (Fsp3) is 0.0667. The zero-order chi connectivity index (χ0) is 30.6. The second-order valence-electron chi connectivity index (χ2n) is 13.3. The van der Waals surface area contributed by atoms with E-state index in [9.17, 15) is 0 Å². The molecule has 0 aliphatic heterocycles. The highest BCUT2D eigenvalue weighted by atomic mass is 32.1. The zero-order valence-electron chi connectivity index (χ0n) is 25.8. The van der Waals surface area contributed by atoms with Crippen molar-refractivity contribution in [2.75, 3.05) is 0 Å². The minimum Gasteiger partial charge on any atom is -0.135 e. The number of hydrogen-bond acceptors (Lipinski definition) is 1. The van der Waals surface area contributed by atoms with Gasteiger partial charge in [0.15, 0.2) is 0 Å². The number of rotatable bonds is 2. The van der Waals surface area contributed by atoms with E-state index in [1.807, 2.05) is 11.3 Å². The van der Waals surface area contributed by atoms with Gasteiger partial charge >= 0.3 is 0 Å². The molecular formula is C45H30S. The Hall–Kier alpha value is -5.24. The van der Waals surface area contributed by atoms with Crippen LogP contribution in [0.15, 0.2) is 146 Å². The number of benzene rings is 8. The quantitative estimate of drug-likeness (QED) is 0.173. The van der Waals surface area contributed by atoms with E-state index in [4.69, 9.17) is 0 Å². The average Bonchev–Trinajstić information content (AvgIpc) is 3.56. The Labute approximate surface area is 272 Å². The van der Waals surface area contributed by atoms with E-state index >= 15 is 0 Å². The van der Waals surface area contributed by atoms with Crippen LogP contribution in [-0.4, -0.2) is 0 Å². The molecule has 8 aromatic carbocycles. The summed E-state index contributed by atoms with van der Waals surface area (Å²) in [6.07, 6.45) is 0. The molecule has 0 N–H and O–H groups in total. The molecule has 0 fully saturated rings. The molecular weight excluding hydrogens is 573 g/mol. The average molecular weight is 603 g/mol. The standard InChI is InChI=1S/C45H30S/c1-45(2)39-18-10-9-13-31(39)37-24-29(20-22-40(37)45)43-33-14-5-7-16-35(33)44(36-17-8-6-15-34(36)43)30-19-21-32-38-23-27-11-3-4-12-28(27)25-42(38)46-41(32)26-30/h3-26H,1-2H3. The van der Waals surface area contributed by atoms with Crippen LogP contribution in [0.1, 0.15) is 25.0 Å². The van der Waals surface area contributed by atoms with E-state index in [2.05, 4.69) is 159 Å². The van der Waals surface area contributed by atoms with Crippen molar-refractivity contribution in [1.82, 2.24) is 0 Å². The molecule has 10 rings (SSSR count). The molecule has 46 heavy (non-hydrogen) atoms. The summed E-state index contributed by atoms with van der Waals surface area (Å²) >= 11 is 1.90. The summed E-state index contributed by atoms with van der Waals surface area (Å²) in [7, 11) is 0. The highest BCUT2D eigenvalue weighted by Gasteiger charge is 2.35. The molecule has 0 nitrogen and oxygen atoms in total. The zero-order valence-corrected chi connectivity index (χ0v) is 26.6. The lowest BCUT2D eigenvalue weighted by Gasteiger charge is -2.22. The van der Waals surface area contributed by atoms with E-state index in [0.717, 1.165) is 0 Å². The van der Waals surface area contributed by atoms with Crippen molar-refractivity contribution in [3.63, 3.8) is 0 Å². The first-order chi connectivity index (χ1) is 22.6. The maximum Gasteiger partial charge on any atom is 0.0361 e. The van der Waals surface area contributed by atoms with Crippen LogP contribution in [0.4, 0.5) is 0 Å². The van der Waals surface area contributed by atoms with Crippen molar-refractivity contribution in [2.45, 2.75) is 19.3 Å². The van der Waals surface area contributed by atoms with Gasteiger partial charge in [0, 0.05) is 25.6 Å². The predicted molar refractivity (Wildman–Crippen MR) is 200 cm³/mol. The minimum absolute atomic E-state index is 0.00356. The summed E-state index contributed by atoms with van der Waals surface area (Å²) in [5, 5.41) is 10.5. The van der Waals surface area contributed by atoms with Crippen LogP contribution in [0.2, 0.25) is 0 Å². The Balaban J connectivity index is 1.23. The Morgan fingerprint density at radius 1 is 0.391 bits per heavy atom. The van der Waals surface area contributed by atoms with Gasteiger partial charge in [-0.15, -0.1) is 11.3 Å². The monoisotopic (exact) mass is 602 g/mol. The van der Waals surface area contributed by atoms with Crippen molar-refractivity contribution >= 4 is 63.8 Å². The first-order valence-electron chi connectivity index (χ1n) is 16.1. The van der Waals surface area contributed by atoms with Crippen LogP contribution >= 0.6 is 11.3 Å². The Morgan fingerprint density at radius 3 is 1.61 bits per heavy atom. The van der Waals surface area contributed by atoms with E-state index < -0.39 is 0 Å². The highest BCUT2D eigenvalue weighted by molar-refractivity contribution is 7.25. The molecule has 0 spiro atoms. The molecule has 9 aromatic rings. The van der Waals surface area contributed by atoms with Crippen molar-refractivity contribution in [3.8, 4) is 33.4 Å². The third-order valence-electron chi connectivity index (χ3n) is 10.4. The maximum absolute atomic E-state index is 2.45. The number of thiophene rings is 1. The van der Waals surface area contributed by atoms with Gasteiger partial charge in [0.05, 0.1) is 0 Å². The summed E-state index contributed by atoms with van der Waals surface area (Å²) in [4.78, 5) is 0. The maximum atomic E-state index is 2.45. The van der Waals surface area contributed by atoms with Crippen molar-refractivity contribution in [3.05, 3.63) is 157 Å². The summed E-state index contributed by atoms with van der Waals surface area (Å²) in [5.74, 6) is 0. The first kappa shape index (κ1) is 26.0. The molecule has 1 aliphatic rings. The lowest BCUT2D eigenvalue weighted by atomic mass is 9.81. The van der Waals surface area contributed by atoms with Gasteiger partial charge in [-0.25, -0.2) is 0 Å². The van der Waals surface area contributed by atoms with Gasteiger partial charge < -0.3 is 0 Å². The Morgan fingerprint density at radius 2 is 0.913 bits per heavy atom. The lowest BCUT2D eigenvalue weighted by Crippen LogP contribution is -2.14. The van der Waals surface area contributed by atoms with Crippen molar-refractivity contribution in [2.24, 2.45) is 0 Å². The highest BCUT2D eigenvalue weighted by Crippen LogP contribution is 2.51. The smallest absolute Gasteiger partial charge is 0.0361 e. The first-order valence-corrected chi connectivity index (χ1v) is 16.9. The van der Waals surface area contributed by atoms with Crippen molar-refractivity contribution in [1.29, 1.82) is 0 Å². The second-order valence-corrected chi connectivity index (χ2v) is 14.4. The summed E-state index contributed by atoms with van der Waals surface area (Å²) in [5.41, 5.74) is 10.7. The van der Waals surface area contributed by atoms with Crippen LogP contribution < -0.4 is 0 Å². The predicted octanol–water partition coefficient (Wildman–Crippen LogP) is 13.2. The van der Waals surface area contributed by atoms with Crippen molar-refractivity contribution < 1.29 is 0 Å². The van der Waals surface area contributed by atoms with Crippen LogP contribution in [0, 0.1) is 0 Å². The molecule has 1 aliphatic carbocycles. The molecule has 0 saturated carbocycles. The molecule has 1 heteroatoms. The van der Waals surface area contributed by atoms with Gasteiger partial charge in [0.2, 0.25) is 0 Å². The third-order valence-corrected chi connectivity index (χ3v) is 11.5. The van der Waals surface area contributed by atoms with Gasteiger partial charge in [0.25, 0.3) is 0 Å². The molecule has 1 heterocycles. The van der Waals surface area contributed by atoms with Crippen LogP contribution in [0.5, 0.6) is 0 Å². The van der Waals surface area contributed by atoms with Crippen LogP contribution in [0.25, 0.3) is 85.9 Å². The molecule has 0 radical (unpaired) electrons. The van der Waals surface area contributed by atoms with E-state index in [-0.39, 0.29) is 5.41 Å². The summed E-state index contributed by atoms with van der Waals surface area (Å²) < 4.78 is 2.68. The van der Waals surface area contributed by atoms with Gasteiger partial charge in [-0.05, 0) is 101 Å². The Bertz CT molecular complexity index is 2660. The molecule has 216 valence electrons. The Kier molecular flexibility index (Phi) is 5.31. The van der Waals surface area contributed by atoms with Gasteiger partial charge in [-0.3, -0.25) is 0 Å². The van der Waals surface area contributed by atoms with Crippen LogP contribution in [0.3, 0.4) is 0 Å². The molecule has 0 atom stereocenters. The SMILES string of the molecule is CC1(C)c2ccccc2-c2cc(-c3c4ccccc4c(-c4ccc5c(c4)sc4cc6ccccc6cc45)c4ccccc34)ccc21. The van der Waals surface area contributed by atoms with Gasteiger partial charge in [-0.2, -0.15) is 0 Å². The normalized spacial score (nSPS) is 13.6. The minimum atomic E-state index is -0.00356.